The van der Waals surface area contributed by atoms with Gasteiger partial charge in [-0.1, -0.05) is 43.6 Å². The van der Waals surface area contributed by atoms with Gasteiger partial charge in [0.05, 0.1) is 19.3 Å². The van der Waals surface area contributed by atoms with E-state index in [1.54, 1.807) is 0 Å². The molecule has 1 atom stereocenters. The Bertz CT molecular complexity index is 366. The van der Waals surface area contributed by atoms with E-state index in [0.29, 0.717) is 13.2 Å². The van der Waals surface area contributed by atoms with Crippen LogP contribution in [0.4, 0.5) is 0 Å². The number of carbonyl (C=O) groups excluding carboxylic acids is 1. The zero-order chi connectivity index (χ0) is 17.6. The zero-order valence-corrected chi connectivity index (χ0v) is 16.2. The summed E-state index contributed by atoms with van der Waals surface area (Å²) < 4.78 is 11.0. The lowest BCUT2D eigenvalue weighted by Gasteiger charge is -2.25. The SMILES string of the molecule is CC(=O)OCCCCCCCCCC(CN=[N+]=[N-])O[Si](C)(C)C. The maximum absolute atomic E-state index is 10.6. The molecule has 0 aliphatic carbocycles. The first-order chi connectivity index (χ1) is 10.8. The standard InChI is InChI=1S/C16H33N3O3Si/c1-15(20)21-13-11-9-7-5-6-8-10-12-16(14-18-19-17)22-23(2,3)4/h16H,5-14H2,1-4H3. The summed E-state index contributed by atoms with van der Waals surface area (Å²) in [6, 6.07) is 0. The molecule has 0 rings (SSSR count). The summed E-state index contributed by atoms with van der Waals surface area (Å²) in [5, 5.41) is 3.67. The maximum atomic E-state index is 10.6. The second kappa shape index (κ2) is 13.4. The molecule has 0 N–H and O–H groups in total. The highest BCUT2D eigenvalue weighted by molar-refractivity contribution is 6.69. The van der Waals surface area contributed by atoms with Gasteiger partial charge < -0.3 is 9.16 Å². The predicted octanol–water partition coefficient (Wildman–Crippen LogP) is 5.20. The Kier molecular flexibility index (Phi) is 12.8. The highest BCUT2D eigenvalue weighted by atomic mass is 28.4. The average Bonchev–Trinajstić information content (AvgIpc) is 2.44. The predicted molar refractivity (Wildman–Crippen MR) is 95.8 cm³/mol. The molecule has 1 unspecified atom stereocenters. The van der Waals surface area contributed by atoms with Gasteiger partial charge in [0.2, 0.25) is 0 Å². The first-order valence-electron chi connectivity index (χ1n) is 8.67. The van der Waals surface area contributed by atoms with Crippen LogP contribution in [0.25, 0.3) is 10.4 Å². The molecule has 0 heterocycles. The molecule has 0 radical (unpaired) electrons. The van der Waals surface area contributed by atoms with Crippen LogP contribution in [0, 0.1) is 0 Å². The molecule has 0 saturated heterocycles. The van der Waals surface area contributed by atoms with E-state index in [9.17, 15) is 4.79 Å². The molecule has 23 heavy (non-hydrogen) atoms. The van der Waals surface area contributed by atoms with Crippen molar-refractivity contribution in [3.63, 3.8) is 0 Å². The number of hydrogen-bond donors (Lipinski definition) is 0. The van der Waals surface area contributed by atoms with Crippen LogP contribution < -0.4 is 0 Å². The minimum absolute atomic E-state index is 0.0706. The summed E-state index contributed by atoms with van der Waals surface area (Å²) in [6.45, 7) is 8.91. The van der Waals surface area contributed by atoms with Gasteiger partial charge in [-0.2, -0.15) is 0 Å². The highest BCUT2D eigenvalue weighted by Crippen LogP contribution is 2.15. The lowest BCUT2D eigenvalue weighted by Crippen LogP contribution is -2.33. The average molecular weight is 344 g/mol. The summed E-state index contributed by atoms with van der Waals surface area (Å²) in [4.78, 5) is 13.4. The van der Waals surface area contributed by atoms with E-state index in [1.165, 1.54) is 32.6 Å². The van der Waals surface area contributed by atoms with E-state index in [-0.39, 0.29) is 12.1 Å². The first kappa shape index (κ1) is 22.0. The Balaban J connectivity index is 3.62. The fraction of sp³-hybridized carbons (Fsp3) is 0.938. The fourth-order valence-corrected chi connectivity index (χ4v) is 3.58. The molecule has 7 heteroatoms. The van der Waals surface area contributed by atoms with Gasteiger partial charge in [0.1, 0.15) is 0 Å². The Labute approximate surface area is 141 Å². The third kappa shape index (κ3) is 17.1. The molecular formula is C16H33N3O3Si. The van der Waals surface area contributed by atoms with Crippen molar-refractivity contribution in [3.8, 4) is 0 Å². The van der Waals surface area contributed by atoms with Gasteiger partial charge in [0.15, 0.2) is 8.32 Å². The number of hydrogen-bond acceptors (Lipinski definition) is 4. The molecule has 0 aromatic heterocycles. The Hall–Kier alpha value is -1.04. The van der Waals surface area contributed by atoms with Crippen LogP contribution in [0.2, 0.25) is 19.6 Å². The summed E-state index contributed by atoms with van der Waals surface area (Å²) in [5.41, 5.74) is 8.46. The molecule has 6 nitrogen and oxygen atoms in total. The zero-order valence-electron chi connectivity index (χ0n) is 15.2. The molecule has 0 fully saturated rings. The topological polar surface area (TPSA) is 84.3 Å². The van der Waals surface area contributed by atoms with Gasteiger partial charge in [0, 0.05) is 11.8 Å². The van der Waals surface area contributed by atoms with Crippen LogP contribution in [0.1, 0.15) is 58.3 Å². The van der Waals surface area contributed by atoms with Crippen molar-refractivity contribution < 1.29 is 14.0 Å². The number of azide groups is 1. The van der Waals surface area contributed by atoms with Crippen molar-refractivity contribution in [1.29, 1.82) is 0 Å². The van der Waals surface area contributed by atoms with Crippen LogP contribution in [0.5, 0.6) is 0 Å². The molecule has 0 spiro atoms. The molecule has 0 amide bonds. The number of esters is 1. The molecule has 134 valence electrons. The molecule has 0 aliphatic rings. The van der Waals surface area contributed by atoms with Crippen LogP contribution in [-0.4, -0.2) is 33.5 Å². The van der Waals surface area contributed by atoms with E-state index < -0.39 is 8.32 Å². The fourth-order valence-electron chi connectivity index (χ4n) is 2.39. The van der Waals surface area contributed by atoms with E-state index in [2.05, 4.69) is 29.7 Å². The lowest BCUT2D eigenvalue weighted by molar-refractivity contribution is -0.141. The number of rotatable bonds is 14. The van der Waals surface area contributed by atoms with Crippen LogP contribution in [0.15, 0.2) is 5.11 Å². The summed E-state index contributed by atoms with van der Waals surface area (Å²) in [6.07, 6.45) is 9.04. The monoisotopic (exact) mass is 343 g/mol. The van der Waals surface area contributed by atoms with Crippen molar-refractivity contribution in [2.24, 2.45) is 5.11 Å². The molecule has 0 aromatic rings. The van der Waals surface area contributed by atoms with Crippen molar-refractivity contribution in [2.75, 3.05) is 13.2 Å². The Morgan fingerprint density at radius 2 is 1.65 bits per heavy atom. The third-order valence-corrected chi connectivity index (χ3v) is 4.38. The van der Waals surface area contributed by atoms with Crippen LogP contribution >= 0.6 is 0 Å². The van der Waals surface area contributed by atoms with Crippen molar-refractivity contribution in [2.45, 2.75) is 84.0 Å². The molecule has 0 bridgehead atoms. The largest absolute Gasteiger partial charge is 0.466 e. The van der Waals surface area contributed by atoms with Crippen LogP contribution in [0.3, 0.4) is 0 Å². The normalized spacial score (nSPS) is 12.5. The first-order valence-corrected chi connectivity index (χ1v) is 12.1. The summed E-state index contributed by atoms with van der Waals surface area (Å²) in [5.74, 6) is -0.194. The van der Waals surface area contributed by atoms with E-state index in [1.807, 2.05) is 0 Å². The minimum Gasteiger partial charge on any atom is -0.466 e. The van der Waals surface area contributed by atoms with Gasteiger partial charge in [-0.25, -0.2) is 0 Å². The number of carbonyl (C=O) groups is 1. The van der Waals surface area contributed by atoms with Crippen LogP contribution in [-0.2, 0) is 14.0 Å². The number of unbranched alkanes of at least 4 members (excludes halogenated alkanes) is 6. The lowest BCUT2D eigenvalue weighted by atomic mass is 10.1. The highest BCUT2D eigenvalue weighted by Gasteiger charge is 2.20. The number of nitrogens with zero attached hydrogens (tertiary/aromatic N) is 3. The molecule has 0 aromatic carbocycles. The smallest absolute Gasteiger partial charge is 0.302 e. The summed E-state index contributed by atoms with van der Waals surface area (Å²) in [7, 11) is -1.59. The minimum atomic E-state index is -1.59. The summed E-state index contributed by atoms with van der Waals surface area (Å²) >= 11 is 0. The van der Waals surface area contributed by atoms with E-state index >= 15 is 0 Å². The van der Waals surface area contributed by atoms with Gasteiger partial charge >= 0.3 is 5.97 Å². The molecule has 0 aliphatic heterocycles. The number of ether oxygens (including phenoxy) is 1. The second-order valence-electron chi connectivity index (χ2n) is 6.87. The van der Waals surface area contributed by atoms with Gasteiger partial charge in [-0.3, -0.25) is 4.79 Å². The Morgan fingerprint density at radius 3 is 2.17 bits per heavy atom. The van der Waals surface area contributed by atoms with Gasteiger partial charge in [0.25, 0.3) is 0 Å². The van der Waals surface area contributed by atoms with E-state index in [0.717, 1.165) is 25.7 Å². The van der Waals surface area contributed by atoms with Gasteiger partial charge in [-0.05, 0) is 38.0 Å². The van der Waals surface area contributed by atoms with Crippen molar-refractivity contribution in [1.82, 2.24) is 0 Å². The van der Waals surface area contributed by atoms with Crippen molar-refractivity contribution >= 4 is 14.3 Å². The maximum Gasteiger partial charge on any atom is 0.302 e. The quantitative estimate of drug-likeness (QED) is 0.108. The van der Waals surface area contributed by atoms with E-state index in [4.69, 9.17) is 14.7 Å². The Morgan fingerprint density at radius 1 is 1.09 bits per heavy atom. The second-order valence-corrected chi connectivity index (χ2v) is 11.3. The molecule has 0 saturated carbocycles. The van der Waals surface area contributed by atoms with Crippen molar-refractivity contribution in [3.05, 3.63) is 10.4 Å². The molecular weight excluding hydrogens is 310 g/mol. The third-order valence-electron chi connectivity index (χ3n) is 3.34. The van der Waals surface area contributed by atoms with Gasteiger partial charge in [-0.15, -0.1) is 0 Å².